The molecule has 0 saturated heterocycles. The number of carbonyl (C=O) groups is 2. The van der Waals surface area contributed by atoms with E-state index in [0.717, 1.165) is 16.0 Å². The Morgan fingerprint density at radius 2 is 1.69 bits per heavy atom. The van der Waals surface area contributed by atoms with Crippen molar-refractivity contribution in [3.8, 4) is 11.3 Å². The Labute approximate surface area is 188 Å². The molecule has 4 aromatic rings. The van der Waals surface area contributed by atoms with Crippen LogP contribution in [0, 0.1) is 20.8 Å². The molecule has 0 unspecified atom stereocenters. The van der Waals surface area contributed by atoms with E-state index in [1.807, 2.05) is 37.3 Å². The second kappa shape index (κ2) is 8.43. The molecule has 0 aliphatic rings. The number of rotatable bonds is 4. The maximum atomic E-state index is 13.2. The first-order valence-corrected chi connectivity index (χ1v) is 10.8. The van der Waals surface area contributed by atoms with Crippen molar-refractivity contribution in [3.63, 3.8) is 0 Å². The van der Waals surface area contributed by atoms with Gasteiger partial charge in [0, 0.05) is 16.0 Å². The van der Waals surface area contributed by atoms with Crippen LogP contribution in [0.3, 0.4) is 0 Å². The maximum Gasteiger partial charge on any atom is 0.341 e. The lowest BCUT2D eigenvalue weighted by Crippen LogP contribution is -2.16. The number of ether oxygens (including phenoxy) is 1. The average Bonchev–Trinajstić information content (AvgIpc) is 3.08. The number of nitrogens with one attached hydrogen (secondary N) is 1. The van der Waals surface area contributed by atoms with Gasteiger partial charge in [-0.15, -0.1) is 11.3 Å². The molecule has 2 heterocycles. The highest BCUT2D eigenvalue weighted by Gasteiger charge is 2.24. The first-order valence-electron chi connectivity index (χ1n) is 9.95. The number of esters is 1. The monoisotopic (exact) mass is 447 g/mol. The van der Waals surface area contributed by atoms with Gasteiger partial charge >= 0.3 is 5.97 Å². The van der Waals surface area contributed by atoms with Gasteiger partial charge in [0.1, 0.15) is 10.8 Å². The quantitative estimate of drug-likeness (QED) is 0.418. The summed E-state index contributed by atoms with van der Waals surface area (Å²) in [6, 6.07) is 14.2. The summed E-state index contributed by atoms with van der Waals surface area (Å²) in [5, 5.41) is 3.52. The van der Waals surface area contributed by atoms with E-state index in [0.29, 0.717) is 27.3 Å². The van der Waals surface area contributed by atoms with Crippen LogP contribution in [-0.4, -0.2) is 19.0 Å². The lowest BCUT2D eigenvalue weighted by molar-refractivity contribution is 0.0601. The molecule has 0 bridgehead atoms. The van der Waals surface area contributed by atoms with Gasteiger partial charge in [-0.25, -0.2) is 4.79 Å². The van der Waals surface area contributed by atoms with E-state index in [4.69, 9.17) is 9.15 Å². The zero-order valence-electron chi connectivity index (χ0n) is 18.1. The van der Waals surface area contributed by atoms with E-state index < -0.39 is 11.9 Å². The summed E-state index contributed by atoms with van der Waals surface area (Å²) in [5.74, 6) is -0.581. The molecule has 32 heavy (non-hydrogen) atoms. The number of hydrogen-bond donors (Lipinski definition) is 1. The van der Waals surface area contributed by atoms with Crippen LogP contribution in [0.1, 0.15) is 36.7 Å². The number of para-hydroxylation sites is 1. The van der Waals surface area contributed by atoms with Gasteiger partial charge < -0.3 is 14.5 Å². The van der Waals surface area contributed by atoms with E-state index in [1.54, 1.807) is 32.0 Å². The minimum Gasteiger partial charge on any atom is -0.465 e. The van der Waals surface area contributed by atoms with Crippen LogP contribution in [0.2, 0.25) is 0 Å². The van der Waals surface area contributed by atoms with Crippen LogP contribution in [0.15, 0.2) is 57.7 Å². The number of thiophene rings is 1. The lowest BCUT2D eigenvalue weighted by atomic mass is 10.0. The Morgan fingerprint density at radius 1 is 0.969 bits per heavy atom. The molecule has 1 N–H and O–H groups in total. The SMILES string of the molecule is COC(=O)c1c(NC(=O)c2cccc3c(=O)c(C)c(-c4ccccc4)oc23)sc(C)c1C. The van der Waals surface area contributed by atoms with Gasteiger partial charge in [-0.2, -0.15) is 0 Å². The van der Waals surface area contributed by atoms with Gasteiger partial charge in [-0.1, -0.05) is 36.4 Å². The van der Waals surface area contributed by atoms with Crippen LogP contribution < -0.4 is 10.7 Å². The molecule has 0 spiro atoms. The van der Waals surface area contributed by atoms with E-state index in [1.165, 1.54) is 18.4 Å². The molecule has 0 aliphatic carbocycles. The summed E-state index contributed by atoms with van der Waals surface area (Å²) >= 11 is 1.29. The molecule has 2 aromatic carbocycles. The Kier molecular flexibility index (Phi) is 5.67. The third-order valence-corrected chi connectivity index (χ3v) is 6.55. The lowest BCUT2D eigenvalue weighted by Gasteiger charge is -2.11. The number of benzene rings is 2. The molecular formula is C25H21NO5S. The molecule has 0 radical (unpaired) electrons. The Balaban J connectivity index is 1.85. The first kappa shape index (κ1) is 21.5. The normalized spacial score (nSPS) is 10.9. The second-order valence-electron chi connectivity index (χ2n) is 7.37. The molecule has 0 aliphatic heterocycles. The van der Waals surface area contributed by atoms with Gasteiger partial charge in [0.05, 0.1) is 23.6 Å². The Bertz CT molecular complexity index is 1420. The van der Waals surface area contributed by atoms with Crippen molar-refractivity contribution in [2.45, 2.75) is 20.8 Å². The van der Waals surface area contributed by atoms with Crippen molar-refractivity contribution in [1.82, 2.24) is 0 Å². The van der Waals surface area contributed by atoms with Gasteiger partial charge in [0.15, 0.2) is 11.0 Å². The molecule has 2 aromatic heterocycles. The summed E-state index contributed by atoms with van der Waals surface area (Å²) in [4.78, 5) is 39.4. The van der Waals surface area contributed by atoms with Crippen LogP contribution in [0.4, 0.5) is 5.00 Å². The smallest absolute Gasteiger partial charge is 0.341 e. The highest BCUT2D eigenvalue weighted by atomic mass is 32.1. The van der Waals surface area contributed by atoms with Crippen LogP contribution in [-0.2, 0) is 4.74 Å². The fraction of sp³-hybridized carbons (Fsp3) is 0.160. The molecule has 1 amide bonds. The second-order valence-corrected chi connectivity index (χ2v) is 8.59. The van der Waals surface area contributed by atoms with Crippen LogP contribution in [0.5, 0.6) is 0 Å². The van der Waals surface area contributed by atoms with Gasteiger partial charge in [0.2, 0.25) is 0 Å². The van der Waals surface area contributed by atoms with Gasteiger partial charge in [0.25, 0.3) is 5.91 Å². The third kappa shape index (κ3) is 3.61. The summed E-state index contributed by atoms with van der Waals surface area (Å²) < 4.78 is 11.0. The molecule has 0 fully saturated rings. The zero-order valence-corrected chi connectivity index (χ0v) is 18.9. The molecular weight excluding hydrogens is 426 g/mol. The highest BCUT2D eigenvalue weighted by Crippen LogP contribution is 2.34. The number of amides is 1. The van der Waals surface area contributed by atoms with E-state index >= 15 is 0 Å². The van der Waals surface area contributed by atoms with Crippen molar-refractivity contribution >= 4 is 39.2 Å². The van der Waals surface area contributed by atoms with E-state index in [9.17, 15) is 14.4 Å². The predicted octanol–water partition coefficient (Wildman–Crippen LogP) is 5.49. The molecule has 162 valence electrons. The van der Waals surface area contributed by atoms with Gasteiger partial charge in [-0.3, -0.25) is 9.59 Å². The summed E-state index contributed by atoms with van der Waals surface area (Å²) in [7, 11) is 1.30. The van der Waals surface area contributed by atoms with Crippen molar-refractivity contribution in [3.05, 3.63) is 85.9 Å². The molecule has 0 atom stereocenters. The first-order chi connectivity index (χ1) is 15.3. The van der Waals surface area contributed by atoms with Crippen LogP contribution >= 0.6 is 11.3 Å². The largest absolute Gasteiger partial charge is 0.465 e. The van der Waals surface area contributed by atoms with Crippen molar-refractivity contribution in [1.29, 1.82) is 0 Å². The highest BCUT2D eigenvalue weighted by molar-refractivity contribution is 7.16. The predicted molar refractivity (Wildman–Crippen MR) is 126 cm³/mol. The summed E-state index contributed by atoms with van der Waals surface area (Å²) in [6.45, 7) is 5.38. The fourth-order valence-electron chi connectivity index (χ4n) is 3.59. The van der Waals surface area contributed by atoms with E-state index in [2.05, 4.69) is 5.32 Å². The molecule has 7 heteroatoms. The topological polar surface area (TPSA) is 85.6 Å². The Hall–Kier alpha value is -3.71. The molecule has 0 saturated carbocycles. The number of fused-ring (bicyclic) bond motifs is 1. The van der Waals surface area contributed by atoms with E-state index in [-0.39, 0.29) is 16.6 Å². The fourth-order valence-corrected chi connectivity index (χ4v) is 4.63. The maximum absolute atomic E-state index is 13.2. The van der Waals surface area contributed by atoms with Crippen molar-refractivity contribution in [2.75, 3.05) is 12.4 Å². The van der Waals surface area contributed by atoms with Crippen LogP contribution in [0.25, 0.3) is 22.3 Å². The third-order valence-electron chi connectivity index (χ3n) is 5.43. The van der Waals surface area contributed by atoms with Crippen molar-refractivity contribution < 1.29 is 18.7 Å². The minimum atomic E-state index is -0.520. The average molecular weight is 448 g/mol. The number of carbonyl (C=O) groups excluding carboxylic acids is 2. The number of methoxy groups -OCH3 is 1. The molecule has 6 nitrogen and oxygen atoms in total. The molecule has 4 rings (SSSR count). The zero-order chi connectivity index (χ0) is 23.0. The summed E-state index contributed by atoms with van der Waals surface area (Å²) in [5.41, 5.74) is 2.50. The van der Waals surface area contributed by atoms with Gasteiger partial charge in [-0.05, 0) is 38.5 Å². The summed E-state index contributed by atoms with van der Waals surface area (Å²) in [6.07, 6.45) is 0. The van der Waals surface area contributed by atoms with Crippen molar-refractivity contribution in [2.24, 2.45) is 0 Å². The number of hydrogen-bond acceptors (Lipinski definition) is 6. The Morgan fingerprint density at radius 3 is 2.38 bits per heavy atom. The number of anilines is 1. The number of aryl methyl sites for hydroxylation is 1. The minimum absolute atomic E-state index is 0.196. The standard InChI is InChI=1S/C25H21NO5S/c1-13-15(3)32-24(19(13)25(29)30-4)26-23(28)18-12-8-11-17-20(27)14(2)21(31-22(17)18)16-9-6-5-7-10-16/h5-12H,1-4H3,(H,26,28).